The molecule has 1 N–H and O–H groups in total. The second-order valence-corrected chi connectivity index (χ2v) is 7.01. The van der Waals surface area contributed by atoms with Gasteiger partial charge in [-0.05, 0) is 38.0 Å². The number of rotatable bonds is 5. The molecule has 0 aromatic heterocycles. The van der Waals surface area contributed by atoms with Crippen molar-refractivity contribution in [2.45, 2.75) is 64.3 Å². The maximum atomic E-state index is 12.6. The van der Waals surface area contributed by atoms with Crippen LogP contribution in [0.1, 0.15) is 58.8 Å². The summed E-state index contributed by atoms with van der Waals surface area (Å²) in [5.74, 6) is 0.943. The smallest absolute Gasteiger partial charge is 0.226 e. The lowest BCUT2D eigenvalue weighted by molar-refractivity contribution is -0.132. The monoisotopic (exact) mass is 301 g/mol. The Kier molecular flexibility index (Phi) is 3.86. The van der Waals surface area contributed by atoms with E-state index in [-0.39, 0.29) is 11.0 Å². The third kappa shape index (κ3) is 2.86. The lowest BCUT2D eigenvalue weighted by atomic mass is 9.77. The summed E-state index contributed by atoms with van der Waals surface area (Å²) in [7, 11) is 0. The fourth-order valence-corrected chi connectivity index (χ4v) is 3.87. The highest BCUT2D eigenvalue weighted by Gasteiger charge is 2.48. The van der Waals surface area contributed by atoms with Crippen molar-refractivity contribution in [3.05, 3.63) is 0 Å². The van der Waals surface area contributed by atoms with Gasteiger partial charge in [0.25, 0.3) is 0 Å². The van der Waals surface area contributed by atoms with Gasteiger partial charge < -0.3 is 5.32 Å². The molecular weight excluding hydrogens is 278 g/mol. The molecule has 1 amide bonds. The summed E-state index contributed by atoms with van der Waals surface area (Å²) in [6, 6.07) is 0. The van der Waals surface area contributed by atoms with Crippen LogP contribution in [0.25, 0.3) is 0 Å². The summed E-state index contributed by atoms with van der Waals surface area (Å²) in [4.78, 5) is 12.6. The van der Waals surface area contributed by atoms with E-state index < -0.39 is 0 Å². The third-order valence-corrected chi connectivity index (χ3v) is 5.40. The molecule has 0 heterocycles. The minimum absolute atomic E-state index is 0.0497. The fraction of sp³-hybridized carbons (Fsp3) is 0.929. The Hall–Kier alpha value is -0.0500. The average molecular weight is 302 g/mol. The SMILES string of the molecule is CC(C)CC1(C(=O)NC2(CBr)CC2)CCCC1. The lowest BCUT2D eigenvalue weighted by Crippen LogP contribution is -2.47. The number of hydrogen-bond donors (Lipinski definition) is 1. The van der Waals surface area contributed by atoms with E-state index in [0.29, 0.717) is 11.8 Å². The van der Waals surface area contributed by atoms with Gasteiger partial charge in [0, 0.05) is 16.3 Å². The van der Waals surface area contributed by atoms with Crippen LogP contribution in [0.3, 0.4) is 0 Å². The number of amides is 1. The van der Waals surface area contributed by atoms with Gasteiger partial charge in [0.1, 0.15) is 0 Å². The number of nitrogens with one attached hydrogen (secondary N) is 1. The first kappa shape index (κ1) is 13.4. The van der Waals surface area contributed by atoms with Crippen LogP contribution in [0.4, 0.5) is 0 Å². The Morgan fingerprint density at radius 3 is 2.24 bits per heavy atom. The number of hydrogen-bond acceptors (Lipinski definition) is 1. The van der Waals surface area contributed by atoms with Crippen molar-refractivity contribution in [3.63, 3.8) is 0 Å². The Labute approximate surface area is 113 Å². The normalized spacial score (nSPS) is 24.9. The van der Waals surface area contributed by atoms with E-state index in [2.05, 4.69) is 35.1 Å². The molecule has 0 aliphatic heterocycles. The standard InChI is InChI=1S/C14H24BrNO/c1-11(2)9-13(5-3-4-6-13)12(17)16-14(10-15)7-8-14/h11H,3-10H2,1-2H3,(H,16,17). The third-order valence-electron chi connectivity index (χ3n) is 4.33. The largest absolute Gasteiger partial charge is 0.349 e. The molecule has 17 heavy (non-hydrogen) atoms. The molecule has 2 saturated carbocycles. The van der Waals surface area contributed by atoms with Crippen molar-refractivity contribution in [2.24, 2.45) is 11.3 Å². The van der Waals surface area contributed by atoms with Crippen LogP contribution < -0.4 is 5.32 Å². The molecule has 0 atom stereocenters. The number of carbonyl (C=O) groups excluding carboxylic acids is 1. The molecule has 0 spiro atoms. The van der Waals surface area contributed by atoms with Crippen molar-refractivity contribution in [1.82, 2.24) is 5.32 Å². The van der Waals surface area contributed by atoms with E-state index in [4.69, 9.17) is 0 Å². The van der Waals surface area contributed by atoms with Gasteiger partial charge in [-0.1, -0.05) is 42.6 Å². The van der Waals surface area contributed by atoms with Crippen LogP contribution in [0.15, 0.2) is 0 Å². The molecule has 0 aromatic carbocycles. The van der Waals surface area contributed by atoms with Crippen LogP contribution in [0.2, 0.25) is 0 Å². The molecule has 0 radical (unpaired) electrons. The molecule has 2 aliphatic carbocycles. The molecule has 0 saturated heterocycles. The zero-order valence-corrected chi connectivity index (χ0v) is 12.6. The van der Waals surface area contributed by atoms with Crippen molar-refractivity contribution in [1.29, 1.82) is 0 Å². The summed E-state index contributed by atoms with van der Waals surface area (Å²) in [6.07, 6.45) is 7.97. The number of alkyl halides is 1. The van der Waals surface area contributed by atoms with Crippen molar-refractivity contribution >= 4 is 21.8 Å². The summed E-state index contributed by atoms with van der Waals surface area (Å²) < 4.78 is 0. The Balaban J connectivity index is 2.03. The Morgan fingerprint density at radius 2 is 1.82 bits per heavy atom. The quantitative estimate of drug-likeness (QED) is 0.772. The van der Waals surface area contributed by atoms with Gasteiger partial charge >= 0.3 is 0 Å². The van der Waals surface area contributed by atoms with Crippen LogP contribution >= 0.6 is 15.9 Å². The van der Waals surface area contributed by atoms with Crippen molar-refractivity contribution in [3.8, 4) is 0 Å². The van der Waals surface area contributed by atoms with Crippen LogP contribution in [0, 0.1) is 11.3 Å². The molecule has 0 bridgehead atoms. The lowest BCUT2D eigenvalue weighted by Gasteiger charge is -2.31. The fourth-order valence-electron chi connectivity index (χ4n) is 3.17. The van der Waals surface area contributed by atoms with Crippen LogP contribution in [-0.4, -0.2) is 16.8 Å². The predicted molar refractivity (Wildman–Crippen MR) is 74.3 cm³/mol. The maximum absolute atomic E-state index is 12.6. The molecule has 2 rings (SSSR count). The van der Waals surface area contributed by atoms with E-state index in [1.807, 2.05) is 0 Å². The zero-order valence-electron chi connectivity index (χ0n) is 11.0. The molecule has 2 fully saturated rings. The van der Waals surface area contributed by atoms with Crippen LogP contribution in [-0.2, 0) is 4.79 Å². The molecular formula is C14H24BrNO. The Morgan fingerprint density at radius 1 is 1.24 bits per heavy atom. The molecule has 98 valence electrons. The van der Waals surface area contributed by atoms with Gasteiger partial charge in [-0.15, -0.1) is 0 Å². The second kappa shape index (κ2) is 4.91. The zero-order chi connectivity index (χ0) is 12.5. The van der Waals surface area contributed by atoms with E-state index in [9.17, 15) is 4.79 Å². The van der Waals surface area contributed by atoms with Gasteiger partial charge in [-0.25, -0.2) is 0 Å². The summed E-state index contributed by atoms with van der Waals surface area (Å²) >= 11 is 3.52. The highest BCUT2D eigenvalue weighted by atomic mass is 79.9. The number of carbonyl (C=O) groups is 1. The first-order valence-corrected chi connectivity index (χ1v) is 8.03. The molecule has 2 nitrogen and oxygen atoms in total. The van der Waals surface area contributed by atoms with Gasteiger partial charge in [-0.3, -0.25) is 4.79 Å². The average Bonchev–Trinajstić information content (AvgIpc) is 2.88. The van der Waals surface area contributed by atoms with E-state index >= 15 is 0 Å². The minimum atomic E-state index is -0.0497. The highest BCUT2D eigenvalue weighted by Crippen LogP contribution is 2.45. The topological polar surface area (TPSA) is 29.1 Å². The predicted octanol–water partition coefficient (Wildman–Crippen LogP) is 3.64. The maximum Gasteiger partial charge on any atom is 0.226 e. The summed E-state index contributed by atoms with van der Waals surface area (Å²) in [5, 5.41) is 4.23. The first-order chi connectivity index (χ1) is 8.02. The summed E-state index contributed by atoms with van der Waals surface area (Å²) in [5.41, 5.74) is 0.0512. The summed E-state index contributed by atoms with van der Waals surface area (Å²) in [6.45, 7) is 4.45. The molecule has 0 aromatic rings. The first-order valence-electron chi connectivity index (χ1n) is 6.91. The minimum Gasteiger partial charge on any atom is -0.349 e. The van der Waals surface area contributed by atoms with E-state index in [0.717, 1.165) is 37.4 Å². The highest BCUT2D eigenvalue weighted by molar-refractivity contribution is 9.09. The molecule has 0 unspecified atom stereocenters. The van der Waals surface area contributed by atoms with Crippen molar-refractivity contribution in [2.75, 3.05) is 5.33 Å². The molecule has 3 heteroatoms. The Bertz CT molecular complexity index is 291. The van der Waals surface area contributed by atoms with Crippen molar-refractivity contribution < 1.29 is 4.79 Å². The van der Waals surface area contributed by atoms with Gasteiger partial charge in [0.15, 0.2) is 0 Å². The van der Waals surface area contributed by atoms with E-state index in [1.54, 1.807) is 0 Å². The molecule has 2 aliphatic rings. The second-order valence-electron chi connectivity index (χ2n) is 6.45. The van der Waals surface area contributed by atoms with Gasteiger partial charge in [0.05, 0.1) is 0 Å². The van der Waals surface area contributed by atoms with Gasteiger partial charge in [-0.2, -0.15) is 0 Å². The van der Waals surface area contributed by atoms with Crippen LogP contribution in [0.5, 0.6) is 0 Å². The van der Waals surface area contributed by atoms with Gasteiger partial charge in [0.2, 0.25) is 5.91 Å². The van der Waals surface area contributed by atoms with E-state index in [1.165, 1.54) is 12.8 Å². The number of halogens is 1.